The number of hydrogen-bond acceptors (Lipinski definition) is 5. The van der Waals surface area contributed by atoms with Crippen molar-refractivity contribution in [2.45, 2.75) is 25.8 Å². The maximum Gasteiger partial charge on any atom is 0.255 e. The maximum absolute atomic E-state index is 13.2. The van der Waals surface area contributed by atoms with Crippen LogP contribution in [0.25, 0.3) is 16.9 Å². The number of piperazine rings is 1. The Labute approximate surface area is 198 Å². The van der Waals surface area contributed by atoms with Crippen molar-refractivity contribution in [3.63, 3.8) is 0 Å². The molecule has 0 spiro atoms. The van der Waals surface area contributed by atoms with Crippen LogP contribution in [0.3, 0.4) is 0 Å². The molecule has 1 aliphatic heterocycles. The number of amides is 1. The topological polar surface area (TPSA) is 74.6 Å². The summed E-state index contributed by atoms with van der Waals surface area (Å²) in [5.41, 5.74) is 7.91. The van der Waals surface area contributed by atoms with Crippen molar-refractivity contribution in [1.82, 2.24) is 24.8 Å². The predicted molar refractivity (Wildman–Crippen MR) is 133 cm³/mol. The molecule has 2 aromatic heterocycles. The fourth-order valence-electron chi connectivity index (χ4n) is 5.30. The van der Waals surface area contributed by atoms with Gasteiger partial charge in [-0.25, -0.2) is 9.50 Å². The predicted octanol–water partition coefficient (Wildman–Crippen LogP) is 3.85. The highest BCUT2D eigenvalue weighted by molar-refractivity contribution is 6.05. The number of aryl methyl sites for hydroxylation is 2. The zero-order chi connectivity index (χ0) is 23.1. The first kappa shape index (κ1) is 21.0. The molecular weight excluding hydrogens is 424 g/mol. The largest absolute Gasteiger partial charge is 0.322 e. The number of benzene rings is 2. The zero-order valence-electron chi connectivity index (χ0n) is 19.3. The van der Waals surface area contributed by atoms with Gasteiger partial charge in [0.2, 0.25) is 0 Å². The number of rotatable bonds is 4. The second-order valence-corrected chi connectivity index (χ2v) is 9.17. The van der Waals surface area contributed by atoms with Gasteiger partial charge in [-0.05, 0) is 72.9 Å². The van der Waals surface area contributed by atoms with E-state index in [0.717, 1.165) is 67.2 Å². The Bertz CT molecular complexity index is 1370. The van der Waals surface area contributed by atoms with E-state index < -0.39 is 0 Å². The molecule has 0 radical (unpaired) electrons. The second kappa shape index (κ2) is 8.66. The van der Waals surface area contributed by atoms with Crippen molar-refractivity contribution in [2.75, 3.05) is 31.5 Å². The van der Waals surface area contributed by atoms with E-state index in [2.05, 4.69) is 37.7 Å². The lowest BCUT2D eigenvalue weighted by atomic mass is 10.0. The minimum atomic E-state index is -0.111. The molecule has 2 aliphatic rings. The van der Waals surface area contributed by atoms with E-state index in [4.69, 9.17) is 0 Å². The molecule has 34 heavy (non-hydrogen) atoms. The Balaban J connectivity index is 1.23. The summed E-state index contributed by atoms with van der Waals surface area (Å²) in [7, 11) is 0. The highest BCUT2D eigenvalue weighted by Crippen LogP contribution is 2.37. The van der Waals surface area contributed by atoms with Crippen molar-refractivity contribution in [1.29, 1.82) is 0 Å². The van der Waals surface area contributed by atoms with Gasteiger partial charge in [-0.2, -0.15) is 5.10 Å². The first-order valence-electron chi connectivity index (χ1n) is 12.0. The first-order valence-corrected chi connectivity index (χ1v) is 12.0. The molecule has 1 atom stereocenters. The minimum Gasteiger partial charge on any atom is -0.322 e. The van der Waals surface area contributed by atoms with Gasteiger partial charge in [0, 0.05) is 55.2 Å². The lowest BCUT2D eigenvalue weighted by molar-refractivity contribution is 0.102. The molecule has 1 amide bonds. The molecule has 172 valence electrons. The summed E-state index contributed by atoms with van der Waals surface area (Å²) in [5, 5.41) is 11.0. The molecule has 6 rings (SSSR count). The molecule has 2 aromatic carbocycles. The van der Waals surface area contributed by atoms with Crippen LogP contribution in [0.1, 0.15) is 39.5 Å². The van der Waals surface area contributed by atoms with Crippen LogP contribution >= 0.6 is 0 Å². The summed E-state index contributed by atoms with van der Waals surface area (Å²) in [6.45, 7) is 6.35. The van der Waals surface area contributed by atoms with Gasteiger partial charge in [0.05, 0.1) is 11.9 Å². The Morgan fingerprint density at radius 3 is 2.88 bits per heavy atom. The van der Waals surface area contributed by atoms with Gasteiger partial charge in [-0.1, -0.05) is 12.1 Å². The summed E-state index contributed by atoms with van der Waals surface area (Å²) in [5.74, 6) is -0.111. The van der Waals surface area contributed by atoms with Crippen LogP contribution in [0, 0.1) is 6.92 Å². The smallest absolute Gasteiger partial charge is 0.255 e. The number of nitrogens with one attached hydrogen (secondary N) is 2. The molecule has 1 saturated heterocycles. The summed E-state index contributed by atoms with van der Waals surface area (Å²) >= 11 is 0. The Morgan fingerprint density at radius 1 is 1.12 bits per heavy atom. The quantitative estimate of drug-likeness (QED) is 0.492. The number of carbonyl (C=O) groups is 1. The average molecular weight is 453 g/mol. The fourth-order valence-corrected chi connectivity index (χ4v) is 5.30. The minimum absolute atomic E-state index is 0.111. The summed E-state index contributed by atoms with van der Waals surface area (Å²) in [6, 6.07) is 16.5. The van der Waals surface area contributed by atoms with Crippen molar-refractivity contribution in [3.8, 4) is 11.3 Å². The Hall–Kier alpha value is -3.55. The lowest BCUT2D eigenvalue weighted by Gasteiger charge is -2.33. The molecule has 0 saturated carbocycles. The fraction of sp³-hybridized carbons (Fsp3) is 0.296. The molecular formula is C27H28N6O. The third kappa shape index (κ3) is 3.77. The molecule has 7 nitrogen and oxygen atoms in total. The molecule has 1 unspecified atom stereocenters. The number of aromatic nitrogens is 3. The van der Waals surface area contributed by atoms with Crippen LogP contribution in [-0.4, -0.2) is 51.6 Å². The number of hydrogen-bond donors (Lipinski definition) is 2. The number of fused-ring (bicyclic) bond motifs is 2. The van der Waals surface area contributed by atoms with Gasteiger partial charge in [-0.3, -0.25) is 9.69 Å². The first-order chi connectivity index (χ1) is 16.7. The molecule has 2 N–H and O–H groups in total. The highest BCUT2D eigenvalue weighted by atomic mass is 16.1. The Morgan fingerprint density at radius 2 is 2.00 bits per heavy atom. The normalized spacial score (nSPS) is 18.2. The van der Waals surface area contributed by atoms with E-state index in [1.54, 1.807) is 10.7 Å². The van der Waals surface area contributed by atoms with Gasteiger partial charge in [0.25, 0.3) is 5.91 Å². The van der Waals surface area contributed by atoms with E-state index in [1.807, 2.05) is 49.5 Å². The second-order valence-electron chi connectivity index (χ2n) is 9.17. The number of carbonyl (C=O) groups excluding carboxylic acids is 1. The van der Waals surface area contributed by atoms with Crippen LogP contribution in [-0.2, 0) is 6.42 Å². The molecule has 1 aliphatic carbocycles. The molecule has 0 bridgehead atoms. The summed E-state index contributed by atoms with van der Waals surface area (Å²) in [4.78, 5) is 20.2. The number of anilines is 1. The molecule has 3 heterocycles. The summed E-state index contributed by atoms with van der Waals surface area (Å²) < 4.78 is 1.80. The van der Waals surface area contributed by atoms with Crippen molar-refractivity contribution < 1.29 is 4.79 Å². The maximum atomic E-state index is 13.2. The van der Waals surface area contributed by atoms with Gasteiger partial charge >= 0.3 is 0 Å². The SMILES string of the molecule is Cc1ccc(C(=O)Nc2ccc3c(c2)CCC3N2CCNCC2)cc1-c1cnc2cccnn12. The average Bonchev–Trinajstić information content (AvgIpc) is 3.49. The monoisotopic (exact) mass is 452 g/mol. The number of nitrogens with zero attached hydrogens (tertiary/aromatic N) is 4. The van der Waals surface area contributed by atoms with E-state index in [9.17, 15) is 4.79 Å². The van der Waals surface area contributed by atoms with Crippen LogP contribution in [0.4, 0.5) is 5.69 Å². The van der Waals surface area contributed by atoms with E-state index in [-0.39, 0.29) is 5.91 Å². The van der Waals surface area contributed by atoms with E-state index in [1.165, 1.54) is 11.1 Å². The van der Waals surface area contributed by atoms with Crippen molar-refractivity contribution in [3.05, 3.63) is 83.2 Å². The van der Waals surface area contributed by atoms with Crippen LogP contribution in [0.5, 0.6) is 0 Å². The van der Waals surface area contributed by atoms with Gasteiger partial charge < -0.3 is 10.6 Å². The van der Waals surface area contributed by atoms with E-state index >= 15 is 0 Å². The van der Waals surface area contributed by atoms with Gasteiger partial charge in [-0.15, -0.1) is 0 Å². The third-order valence-electron chi connectivity index (χ3n) is 7.09. The van der Waals surface area contributed by atoms with Crippen molar-refractivity contribution >= 4 is 17.2 Å². The zero-order valence-corrected chi connectivity index (χ0v) is 19.3. The van der Waals surface area contributed by atoms with Crippen LogP contribution in [0.2, 0.25) is 0 Å². The summed E-state index contributed by atoms with van der Waals surface area (Å²) in [6.07, 6.45) is 5.76. The molecule has 4 aromatic rings. The van der Waals surface area contributed by atoms with Crippen LogP contribution < -0.4 is 10.6 Å². The van der Waals surface area contributed by atoms with Crippen molar-refractivity contribution in [2.24, 2.45) is 0 Å². The Kier molecular flexibility index (Phi) is 5.36. The molecule has 7 heteroatoms. The van der Waals surface area contributed by atoms with Crippen LogP contribution in [0.15, 0.2) is 60.9 Å². The molecule has 1 fully saturated rings. The number of imidazole rings is 1. The van der Waals surface area contributed by atoms with Gasteiger partial charge in [0.1, 0.15) is 0 Å². The third-order valence-corrected chi connectivity index (χ3v) is 7.09. The lowest BCUT2D eigenvalue weighted by Crippen LogP contribution is -2.44. The standard InChI is InChI=1S/C27H28N6O/c1-18-4-5-20(16-23(18)25-17-29-26-3-2-10-30-33(25)26)27(34)31-21-7-8-22-19(15-21)6-9-24(22)32-13-11-28-12-14-32/h2-5,7-8,10,15-17,24,28H,6,9,11-14H2,1H3,(H,31,34). The van der Waals surface area contributed by atoms with Gasteiger partial charge in [0.15, 0.2) is 5.65 Å². The highest BCUT2D eigenvalue weighted by Gasteiger charge is 2.29. The van der Waals surface area contributed by atoms with E-state index in [0.29, 0.717) is 11.6 Å².